The Balaban J connectivity index is 1.19. The summed E-state index contributed by atoms with van der Waals surface area (Å²) in [5, 5.41) is 4.93. The highest BCUT2D eigenvalue weighted by molar-refractivity contribution is 6.10. The predicted molar refractivity (Wildman–Crippen MR) is 235 cm³/mol. The fourth-order valence-corrected chi connectivity index (χ4v) is 8.49. The van der Waals surface area contributed by atoms with E-state index in [1.165, 1.54) is 54.7 Å². The summed E-state index contributed by atoms with van der Waals surface area (Å²) in [5.74, 6) is 0. The molecule has 0 atom stereocenters. The minimum atomic E-state index is 0.915. The molecule has 0 aliphatic rings. The molecule has 3 heteroatoms. The topological polar surface area (TPSA) is 22.8 Å². The summed E-state index contributed by atoms with van der Waals surface area (Å²) in [6.07, 6.45) is 0. The van der Waals surface area contributed by atoms with Crippen molar-refractivity contribution >= 4 is 43.6 Å². The van der Waals surface area contributed by atoms with Crippen molar-refractivity contribution in [1.82, 2.24) is 14.1 Å². The van der Waals surface area contributed by atoms with Gasteiger partial charge in [-0.1, -0.05) is 158 Å². The van der Waals surface area contributed by atoms with Gasteiger partial charge in [0.15, 0.2) is 0 Å². The van der Waals surface area contributed by atoms with Crippen molar-refractivity contribution in [1.29, 1.82) is 0 Å². The molecule has 0 unspecified atom stereocenters. The van der Waals surface area contributed by atoms with Crippen LogP contribution in [0.1, 0.15) is 0 Å². The molecule has 262 valence electrons. The second-order valence-electron chi connectivity index (χ2n) is 14.4. The van der Waals surface area contributed by atoms with Gasteiger partial charge in [0.25, 0.3) is 0 Å². The Kier molecular flexibility index (Phi) is 7.49. The predicted octanol–water partition coefficient (Wildman–Crippen LogP) is 13.9. The van der Waals surface area contributed by atoms with Crippen LogP contribution in [-0.4, -0.2) is 14.1 Å². The maximum atomic E-state index is 5.44. The molecule has 3 aromatic heterocycles. The number of para-hydroxylation sites is 4. The molecule has 56 heavy (non-hydrogen) atoms. The number of hydrogen-bond acceptors (Lipinski definition) is 1. The van der Waals surface area contributed by atoms with Crippen LogP contribution in [0.5, 0.6) is 0 Å². The molecule has 0 amide bonds. The lowest BCUT2D eigenvalue weighted by Gasteiger charge is -2.17. The third kappa shape index (κ3) is 5.32. The number of nitrogens with zero attached hydrogens (tertiary/aromatic N) is 3. The molecule has 0 saturated heterocycles. The Labute approximate surface area is 325 Å². The molecule has 11 aromatic rings. The maximum absolute atomic E-state index is 5.44. The summed E-state index contributed by atoms with van der Waals surface area (Å²) in [4.78, 5) is 5.44. The molecule has 0 aliphatic heterocycles. The zero-order valence-corrected chi connectivity index (χ0v) is 30.5. The minimum Gasteiger partial charge on any atom is -0.309 e. The lowest BCUT2D eigenvalue weighted by atomic mass is 9.97. The van der Waals surface area contributed by atoms with E-state index in [0.717, 1.165) is 45.0 Å². The quantitative estimate of drug-likeness (QED) is 0.168. The Morgan fingerprint density at radius 3 is 1.04 bits per heavy atom. The first kappa shape index (κ1) is 32.0. The SMILES string of the molecule is c1ccc(-c2ccc(-c3cc(-c4ccccc4)nc(-c4cc(-n5c6ccccc6c6ccccc65)cc(-n5c6ccccc6c6ccccc65)c4)c3)cc2)cc1. The fourth-order valence-electron chi connectivity index (χ4n) is 8.49. The molecule has 8 aromatic carbocycles. The van der Waals surface area contributed by atoms with Gasteiger partial charge in [-0.25, -0.2) is 4.98 Å². The van der Waals surface area contributed by atoms with E-state index in [-0.39, 0.29) is 0 Å². The van der Waals surface area contributed by atoms with Gasteiger partial charge in [-0.2, -0.15) is 0 Å². The van der Waals surface area contributed by atoms with E-state index >= 15 is 0 Å². The molecule has 0 bridgehead atoms. The van der Waals surface area contributed by atoms with Crippen LogP contribution in [0, 0.1) is 0 Å². The van der Waals surface area contributed by atoms with Gasteiger partial charge in [-0.15, -0.1) is 0 Å². The zero-order chi connectivity index (χ0) is 37.0. The van der Waals surface area contributed by atoms with E-state index in [4.69, 9.17) is 4.98 Å². The molecule has 0 radical (unpaired) electrons. The third-order valence-electron chi connectivity index (χ3n) is 11.1. The monoisotopic (exact) mass is 713 g/mol. The number of fused-ring (bicyclic) bond motifs is 6. The molecule has 3 nitrogen and oxygen atoms in total. The van der Waals surface area contributed by atoms with Gasteiger partial charge in [0, 0.05) is 44.0 Å². The van der Waals surface area contributed by atoms with E-state index in [2.05, 4.69) is 221 Å². The summed E-state index contributed by atoms with van der Waals surface area (Å²) in [6.45, 7) is 0. The summed E-state index contributed by atoms with van der Waals surface area (Å²) in [6, 6.07) is 76.3. The molecule has 0 N–H and O–H groups in total. The zero-order valence-electron chi connectivity index (χ0n) is 30.5. The van der Waals surface area contributed by atoms with Gasteiger partial charge < -0.3 is 9.13 Å². The first-order chi connectivity index (χ1) is 27.8. The third-order valence-corrected chi connectivity index (χ3v) is 11.1. The number of hydrogen-bond donors (Lipinski definition) is 0. The van der Waals surface area contributed by atoms with Crippen LogP contribution in [0.15, 0.2) is 212 Å². The second kappa shape index (κ2) is 13.1. The number of pyridine rings is 1. The number of rotatable bonds is 6. The number of benzene rings is 8. The summed E-state index contributed by atoms with van der Waals surface area (Å²) in [7, 11) is 0. The lowest BCUT2D eigenvalue weighted by molar-refractivity contribution is 1.13. The number of aromatic nitrogens is 3. The molecule has 11 rings (SSSR count). The highest BCUT2D eigenvalue weighted by atomic mass is 15.0. The first-order valence-electron chi connectivity index (χ1n) is 19.1. The van der Waals surface area contributed by atoms with Crippen LogP contribution in [0.25, 0.3) is 99.8 Å². The fraction of sp³-hybridized carbons (Fsp3) is 0. The van der Waals surface area contributed by atoms with Crippen LogP contribution in [0.4, 0.5) is 0 Å². The molecular weight excluding hydrogens is 679 g/mol. The molecule has 0 spiro atoms. The van der Waals surface area contributed by atoms with Crippen molar-refractivity contribution in [2.45, 2.75) is 0 Å². The van der Waals surface area contributed by atoms with Crippen LogP contribution in [0.3, 0.4) is 0 Å². The lowest BCUT2D eigenvalue weighted by Crippen LogP contribution is -2.01. The van der Waals surface area contributed by atoms with Crippen LogP contribution < -0.4 is 0 Å². The largest absolute Gasteiger partial charge is 0.309 e. The van der Waals surface area contributed by atoms with Gasteiger partial charge in [0.05, 0.1) is 33.5 Å². The maximum Gasteiger partial charge on any atom is 0.0717 e. The normalized spacial score (nSPS) is 11.6. The van der Waals surface area contributed by atoms with Gasteiger partial charge in [0.1, 0.15) is 0 Å². The van der Waals surface area contributed by atoms with Crippen molar-refractivity contribution in [3.05, 3.63) is 212 Å². The second-order valence-corrected chi connectivity index (χ2v) is 14.4. The van der Waals surface area contributed by atoms with Crippen molar-refractivity contribution < 1.29 is 0 Å². The molecule has 0 saturated carbocycles. The minimum absolute atomic E-state index is 0.915. The van der Waals surface area contributed by atoms with Crippen LogP contribution in [0.2, 0.25) is 0 Å². The summed E-state index contributed by atoms with van der Waals surface area (Å²) in [5.41, 5.74) is 15.5. The van der Waals surface area contributed by atoms with Crippen molar-refractivity contribution in [3.8, 4) is 56.1 Å². The van der Waals surface area contributed by atoms with Crippen LogP contribution in [-0.2, 0) is 0 Å². The highest BCUT2D eigenvalue weighted by Gasteiger charge is 2.18. The summed E-state index contributed by atoms with van der Waals surface area (Å²) < 4.78 is 4.83. The van der Waals surface area contributed by atoms with Crippen molar-refractivity contribution in [2.75, 3.05) is 0 Å². The van der Waals surface area contributed by atoms with Crippen molar-refractivity contribution in [3.63, 3.8) is 0 Å². The van der Waals surface area contributed by atoms with Gasteiger partial charge in [-0.05, 0) is 76.9 Å². The molecule has 3 heterocycles. The van der Waals surface area contributed by atoms with Crippen molar-refractivity contribution in [2.24, 2.45) is 0 Å². The van der Waals surface area contributed by atoms with E-state index in [0.29, 0.717) is 0 Å². The van der Waals surface area contributed by atoms with Gasteiger partial charge in [0.2, 0.25) is 0 Å². The smallest absolute Gasteiger partial charge is 0.0717 e. The van der Waals surface area contributed by atoms with Gasteiger partial charge >= 0.3 is 0 Å². The van der Waals surface area contributed by atoms with E-state index in [1.807, 2.05) is 0 Å². The van der Waals surface area contributed by atoms with E-state index < -0.39 is 0 Å². The van der Waals surface area contributed by atoms with Crippen LogP contribution >= 0.6 is 0 Å². The van der Waals surface area contributed by atoms with Gasteiger partial charge in [-0.3, -0.25) is 0 Å². The standard InChI is InChI=1S/C53H35N3/c1-3-15-36(16-4-1)37-27-29-38(30-28-37)40-33-48(39-17-5-2-6-18-39)54-49(34-40)41-31-42(55-50-23-11-7-19-44(50)45-20-8-12-24-51(45)55)35-43(32-41)56-52-25-13-9-21-46(52)47-22-10-14-26-53(47)56/h1-35H. The average Bonchev–Trinajstić information content (AvgIpc) is 3.80. The average molecular weight is 714 g/mol. The molecular formula is C53H35N3. The Hall–Kier alpha value is -7.49. The molecule has 0 aliphatic carbocycles. The van der Waals surface area contributed by atoms with E-state index in [9.17, 15) is 0 Å². The Bertz CT molecular complexity index is 2990. The first-order valence-corrected chi connectivity index (χ1v) is 19.1. The Morgan fingerprint density at radius 2 is 0.589 bits per heavy atom. The summed E-state index contributed by atoms with van der Waals surface area (Å²) >= 11 is 0. The Morgan fingerprint density at radius 1 is 0.250 bits per heavy atom. The highest BCUT2D eigenvalue weighted by Crippen LogP contribution is 2.39. The van der Waals surface area contributed by atoms with E-state index in [1.54, 1.807) is 0 Å². The molecule has 0 fully saturated rings.